The number of esters is 4. The number of carbonyl (C=O) groups is 5. The molecule has 0 spiro atoms. The third-order valence-corrected chi connectivity index (χ3v) is 9.63. The zero-order valence-electron chi connectivity index (χ0n) is 28.0. The molecule has 0 bridgehead atoms. The maximum absolute atomic E-state index is 13.9. The van der Waals surface area contributed by atoms with Crippen LogP contribution in [-0.4, -0.2) is 112 Å². The van der Waals surface area contributed by atoms with Crippen LogP contribution in [0, 0.1) is 10.1 Å². The molecule has 2 aliphatic heterocycles. The maximum atomic E-state index is 13.9. The van der Waals surface area contributed by atoms with E-state index in [0.29, 0.717) is 0 Å². The monoisotopic (exact) mass is 724 g/mol. The normalized spacial score (nSPS) is 25.2. The number of nitro benzene ring substituents is 1. The van der Waals surface area contributed by atoms with Gasteiger partial charge in [0.15, 0.2) is 24.5 Å². The molecule has 2 fully saturated rings. The van der Waals surface area contributed by atoms with Gasteiger partial charge in [-0.3, -0.25) is 29.3 Å². The van der Waals surface area contributed by atoms with Crippen molar-refractivity contribution in [3.8, 4) is 0 Å². The number of methoxy groups -OCH3 is 1. The van der Waals surface area contributed by atoms with Crippen LogP contribution in [0.15, 0.2) is 35.4 Å². The Morgan fingerprint density at radius 3 is 2.12 bits per heavy atom. The first-order valence-corrected chi connectivity index (χ1v) is 16.5. The highest BCUT2D eigenvalue weighted by Crippen LogP contribution is 2.37. The van der Waals surface area contributed by atoms with Gasteiger partial charge < -0.3 is 28.6 Å². The van der Waals surface area contributed by atoms with E-state index in [1.165, 1.54) is 27.0 Å². The van der Waals surface area contributed by atoms with Crippen molar-refractivity contribution in [2.75, 3.05) is 13.7 Å². The van der Waals surface area contributed by atoms with Crippen molar-refractivity contribution in [2.24, 2.45) is 0 Å². The molecular weight excluding hydrogens is 688 g/mol. The molecule has 1 aromatic carbocycles. The van der Waals surface area contributed by atoms with Crippen LogP contribution in [0.2, 0.25) is 0 Å². The largest absolute Gasteiger partial charge is 0.467 e. The Morgan fingerprint density at radius 1 is 1.04 bits per heavy atom. The van der Waals surface area contributed by atoms with Gasteiger partial charge >= 0.3 is 23.9 Å². The smallest absolute Gasteiger partial charge is 0.331 e. The van der Waals surface area contributed by atoms with Crippen LogP contribution >= 0.6 is 0 Å². The lowest BCUT2D eigenvalue weighted by Crippen LogP contribution is -2.79. The number of rotatable bonds is 12. The van der Waals surface area contributed by atoms with E-state index < -0.39 is 92.9 Å². The van der Waals surface area contributed by atoms with E-state index >= 15 is 0 Å². The number of sulfonamides is 1. The molecule has 1 amide bonds. The summed E-state index contributed by atoms with van der Waals surface area (Å²) in [5.74, 6) is -3.88. The Hall–Kier alpha value is -5.02. The molecule has 1 aromatic heterocycles. The first-order valence-electron chi connectivity index (χ1n) is 15.0. The molecule has 0 aliphatic carbocycles. The number of likely N-dealkylation sites (tertiary alicyclic amines) is 1. The highest BCUT2D eigenvalue weighted by atomic mass is 32.2. The second kappa shape index (κ2) is 14.1. The van der Waals surface area contributed by atoms with Crippen LogP contribution in [-0.2, 0) is 64.1 Å². The van der Waals surface area contributed by atoms with Crippen molar-refractivity contribution in [3.63, 3.8) is 0 Å². The summed E-state index contributed by atoms with van der Waals surface area (Å²) < 4.78 is 57.6. The minimum absolute atomic E-state index is 0.0317. The van der Waals surface area contributed by atoms with Crippen molar-refractivity contribution in [2.45, 2.75) is 94.6 Å². The van der Waals surface area contributed by atoms with Crippen molar-refractivity contribution in [1.29, 1.82) is 0 Å². The Balaban J connectivity index is 1.71. The van der Waals surface area contributed by atoms with Crippen LogP contribution in [0.5, 0.6) is 0 Å². The van der Waals surface area contributed by atoms with Crippen molar-refractivity contribution < 1.29 is 61.0 Å². The molecule has 6 atom stereocenters. The lowest BCUT2D eigenvalue weighted by molar-refractivity contribution is -0.384. The highest BCUT2D eigenvalue weighted by Gasteiger charge is 2.60. The number of nitrogens with zero attached hydrogens (tertiary/aromatic N) is 5. The molecule has 50 heavy (non-hydrogen) atoms. The summed E-state index contributed by atoms with van der Waals surface area (Å²) in [7, 11) is -3.38. The van der Waals surface area contributed by atoms with E-state index in [9.17, 15) is 42.5 Å². The Morgan fingerprint density at radius 2 is 1.60 bits per heavy atom. The Bertz CT molecular complexity index is 1790. The fourth-order valence-corrected chi connectivity index (χ4v) is 7.07. The third kappa shape index (κ3) is 7.58. The van der Waals surface area contributed by atoms with Gasteiger partial charge in [0.1, 0.15) is 11.1 Å². The molecule has 0 radical (unpaired) electrons. The number of non-ortho nitro benzene ring substituents is 1. The van der Waals surface area contributed by atoms with Crippen molar-refractivity contribution >= 4 is 45.5 Å². The molecule has 20 nitrogen and oxygen atoms in total. The zero-order valence-corrected chi connectivity index (χ0v) is 28.9. The van der Waals surface area contributed by atoms with Crippen molar-refractivity contribution in [1.82, 2.24) is 24.6 Å². The summed E-state index contributed by atoms with van der Waals surface area (Å²) in [6.45, 7) is 7.36. The van der Waals surface area contributed by atoms with E-state index in [0.717, 1.165) is 61.7 Å². The molecule has 3 heterocycles. The predicted molar refractivity (Wildman–Crippen MR) is 164 cm³/mol. The number of hydrogen-bond donors (Lipinski definition) is 1. The molecule has 0 saturated carbocycles. The number of benzene rings is 1. The molecule has 1 N–H and O–H groups in total. The number of ether oxygens (including phenoxy) is 5. The van der Waals surface area contributed by atoms with E-state index in [4.69, 9.17) is 23.7 Å². The standard InChI is InChI=1S/C29H36N6O14S/c1-15-22(47-16(2)36)23(48-17(3)37)24(49-18(4)38)25(46-15)34-13-19(30-32-34)12-29(14-33(26(29)39)28(5,6)27(40)45-7)31-50(43,44)21-10-8-20(9-11-21)35(41)42/h8-11,13,15,22-25,31H,12,14H2,1-7H3/t15-,22+,23+,24-,25+,29+/m0/s1. The lowest BCUT2D eigenvalue weighted by Gasteiger charge is -2.53. The number of amides is 1. The van der Waals surface area contributed by atoms with Crippen LogP contribution in [0.4, 0.5) is 5.69 Å². The number of nitro groups is 1. The van der Waals surface area contributed by atoms with Gasteiger partial charge in [-0.1, -0.05) is 5.21 Å². The molecule has 2 saturated heterocycles. The lowest BCUT2D eigenvalue weighted by atomic mass is 9.81. The molecule has 4 rings (SSSR count). The summed E-state index contributed by atoms with van der Waals surface area (Å²) in [5, 5.41) is 19.2. The summed E-state index contributed by atoms with van der Waals surface area (Å²) in [5.41, 5.74) is -3.75. The van der Waals surface area contributed by atoms with Crippen LogP contribution < -0.4 is 4.72 Å². The SMILES string of the molecule is COC(=O)C(C)(C)N1C[C@@](Cc2cn([C@@H]3O[C@@H](C)[C@@H](OC(C)=O)[C@@H](OC(C)=O)[C@@H]3OC(C)=O)nn2)(NS(=O)(=O)c2ccc([N+](=O)[O-])cc2)C1=O. The van der Waals surface area contributed by atoms with Gasteiger partial charge in [-0.2, -0.15) is 4.72 Å². The van der Waals surface area contributed by atoms with Gasteiger partial charge in [0.25, 0.3) is 5.69 Å². The Labute approximate surface area is 285 Å². The number of aromatic nitrogens is 3. The molecule has 272 valence electrons. The number of carbonyl (C=O) groups excluding carboxylic acids is 5. The van der Waals surface area contributed by atoms with Gasteiger partial charge in [-0.15, -0.1) is 5.10 Å². The van der Waals surface area contributed by atoms with E-state index in [2.05, 4.69) is 15.0 Å². The zero-order chi connectivity index (χ0) is 37.3. The van der Waals surface area contributed by atoms with Gasteiger partial charge in [0, 0.05) is 39.3 Å². The fraction of sp³-hybridized carbons (Fsp3) is 0.552. The second-order valence-electron chi connectivity index (χ2n) is 12.2. The van der Waals surface area contributed by atoms with Gasteiger partial charge in [0.05, 0.1) is 41.5 Å². The van der Waals surface area contributed by atoms with E-state index in [1.807, 2.05) is 0 Å². The van der Waals surface area contributed by atoms with Crippen LogP contribution in [0.3, 0.4) is 0 Å². The van der Waals surface area contributed by atoms with Crippen LogP contribution in [0.1, 0.15) is 53.5 Å². The number of β-lactam (4-membered cyclic amide) rings is 1. The topological polar surface area (TPSA) is 255 Å². The molecule has 2 aliphatic rings. The Kier molecular flexibility index (Phi) is 10.6. The quantitative estimate of drug-likeness (QED) is 0.0990. The summed E-state index contributed by atoms with van der Waals surface area (Å²) in [4.78, 5) is 73.6. The third-order valence-electron chi connectivity index (χ3n) is 8.08. The number of nitrogens with one attached hydrogen (secondary N) is 1. The molecule has 21 heteroatoms. The molecular formula is C29H36N6O14S. The first kappa shape index (κ1) is 37.8. The van der Waals surface area contributed by atoms with Crippen LogP contribution in [0.25, 0.3) is 0 Å². The average Bonchev–Trinajstić information content (AvgIpc) is 3.49. The van der Waals surface area contributed by atoms with Crippen molar-refractivity contribution in [3.05, 3.63) is 46.3 Å². The highest BCUT2D eigenvalue weighted by molar-refractivity contribution is 7.89. The minimum Gasteiger partial charge on any atom is -0.467 e. The van der Waals surface area contributed by atoms with Gasteiger partial charge in [0.2, 0.25) is 15.9 Å². The molecule has 0 unspecified atom stereocenters. The fourth-order valence-electron chi connectivity index (χ4n) is 5.72. The predicted octanol–water partition coefficient (Wildman–Crippen LogP) is -0.0477. The van der Waals surface area contributed by atoms with E-state index in [1.54, 1.807) is 0 Å². The minimum atomic E-state index is -4.51. The first-order chi connectivity index (χ1) is 23.2. The second-order valence-corrected chi connectivity index (χ2v) is 13.9. The van der Waals surface area contributed by atoms with Gasteiger partial charge in [-0.05, 0) is 32.9 Å². The average molecular weight is 725 g/mol. The summed E-state index contributed by atoms with van der Waals surface area (Å²) >= 11 is 0. The summed E-state index contributed by atoms with van der Waals surface area (Å²) in [6, 6.07) is 3.98. The molecule has 2 aromatic rings. The maximum Gasteiger partial charge on any atom is 0.331 e. The van der Waals surface area contributed by atoms with E-state index in [-0.39, 0.29) is 22.8 Å². The van der Waals surface area contributed by atoms with Gasteiger partial charge in [-0.25, -0.2) is 17.9 Å². The number of hydrogen-bond acceptors (Lipinski definition) is 16. The summed E-state index contributed by atoms with van der Waals surface area (Å²) in [6.07, 6.45) is -5.33.